The summed E-state index contributed by atoms with van der Waals surface area (Å²) >= 11 is 0. The molecule has 0 unspecified atom stereocenters. The van der Waals surface area contributed by atoms with Crippen molar-refractivity contribution < 1.29 is 19.1 Å². The Hall–Kier alpha value is -2.95. The lowest BCUT2D eigenvalue weighted by molar-refractivity contribution is -0.121. The first-order chi connectivity index (χ1) is 10.9. The molecule has 0 atom stereocenters. The molecular weight excluding hydrogens is 297 g/mol. The smallest absolute Gasteiger partial charge is 0.301 e. The molecule has 0 aliphatic carbocycles. The second-order valence-electron chi connectivity index (χ2n) is 5.47. The van der Waals surface area contributed by atoms with Crippen molar-refractivity contribution in [2.45, 2.75) is 13.8 Å². The number of nitrogens with zero attached hydrogens (tertiary/aromatic N) is 1. The van der Waals surface area contributed by atoms with Crippen LogP contribution >= 0.6 is 0 Å². The monoisotopic (exact) mass is 311 g/mol. The summed E-state index contributed by atoms with van der Waals surface area (Å²) in [5, 5.41) is 10.1. The van der Waals surface area contributed by atoms with Crippen molar-refractivity contribution >= 4 is 23.1 Å². The summed E-state index contributed by atoms with van der Waals surface area (Å²) in [6.07, 6.45) is 0. The number of amides is 2. The maximum absolute atomic E-state index is 13.4. The van der Waals surface area contributed by atoms with E-state index >= 15 is 0 Å². The molecule has 2 aromatic carbocycles. The highest BCUT2D eigenvalue weighted by molar-refractivity contribution is 6.45. The summed E-state index contributed by atoms with van der Waals surface area (Å²) in [6.45, 7) is 3.71. The van der Waals surface area contributed by atoms with Gasteiger partial charge < -0.3 is 5.11 Å². The van der Waals surface area contributed by atoms with Crippen molar-refractivity contribution in [3.8, 4) is 0 Å². The largest absolute Gasteiger partial charge is 0.502 e. The Morgan fingerprint density at radius 3 is 2.39 bits per heavy atom. The third kappa shape index (κ3) is 2.40. The van der Waals surface area contributed by atoms with Crippen LogP contribution in [0, 0.1) is 19.7 Å². The van der Waals surface area contributed by atoms with E-state index in [1.54, 1.807) is 19.1 Å². The third-order valence-electron chi connectivity index (χ3n) is 3.78. The van der Waals surface area contributed by atoms with Gasteiger partial charge >= 0.3 is 5.91 Å². The fourth-order valence-electron chi connectivity index (χ4n) is 2.70. The molecule has 0 saturated heterocycles. The van der Waals surface area contributed by atoms with Crippen molar-refractivity contribution in [2.75, 3.05) is 4.90 Å². The number of rotatable bonds is 2. The lowest BCUT2D eigenvalue weighted by Crippen LogP contribution is -2.31. The summed E-state index contributed by atoms with van der Waals surface area (Å²) in [5.74, 6) is -2.70. The molecule has 3 rings (SSSR count). The molecule has 1 aliphatic rings. The molecule has 0 spiro atoms. The van der Waals surface area contributed by atoms with Gasteiger partial charge in [-0.15, -0.1) is 0 Å². The van der Waals surface area contributed by atoms with Gasteiger partial charge in [-0.25, -0.2) is 9.29 Å². The topological polar surface area (TPSA) is 57.6 Å². The van der Waals surface area contributed by atoms with Crippen LogP contribution in [0.5, 0.6) is 0 Å². The van der Waals surface area contributed by atoms with Crippen molar-refractivity contribution in [1.29, 1.82) is 0 Å². The van der Waals surface area contributed by atoms with E-state index in [9.17, 15) is 19.1 Å². The Kier molecular flexibility index (Phi) is 3.48. The minimum atomic E-state index is -0.851. The number of aliphatic hydroxyl groups excluding tert-OH is 1. The molecule has 4 nitrogen and oxygen atoms in total. The van der Waals surface area contributed by atoms with Crippen molar-refractivity contribution in [2.24, 2.45) is 0 Å². The number of hydrogen-bond acceptors (Lipinski definition) is 3. The van der Waals surface area contributed by atoms with Gasteiger partial charge in [-0.3, -0.25) is 9.59 Å². The van der Waals surface area contributed by atoms with Gasteiger partial charge in [0.1, 0.15) is 5.82 Å². The van der Waals surface area contributed by atoms with Gasteiger partial charge in [-0.1, -0.05) is 29.8 Å². The molecule has 0 aromatic heterocycles. The van der Waals surface area contributed by atoms with E-state index in [-0.39, 0.29) is 11.3 Å². The van der Waals surface area contributed by atoms with Gasteiger partial charge in [0.15, 0.2) is 5.76 Å². The van der Waals surface area contributed by atoms with Crippen molar-refractivity contribution in [3.63, 3.8) is 0 Å². The van der Waals surface area contributed by atoms with E-state index in [0.29, 0.717) is 5.56 Å². The van der Waals surface area contributed by atoms with E-state index in [2.05, 4.69) is 0 Å². The molecule has 0 bridgehead atoms. The van der Waals surface area contributed by atoms with Gasteiger partial charge in [0, 0.05) is 0 Å². The Labute approximate surface area is 132 Å². The molecule has 116 valence electrons. The summed E-state index contributed by atoms with van der Waals surface area (Å²) in [5.41, 5.74) is 2.30. The minimum Gasteiger partial charge on any atom is -0.502 e. The van der Waals surface area contributed by atoms with Crippen molar-refractivity contribution in [3.05, 3.63) is 70.7 Å². The molecular formula is C18H14FNO3. The maximum Gasteiger partial charge on any atom is 0.301 e. The Bertz CT molecular complexity index is 870. The number of aliphatic hydroxyl groups is 1. The molecule has 1 N–H and O–H groups in total. The third-order valence-corrected chi connectivity index (χ3v) is 3.78. The molecule has 0 saturated carbocycles. The zero-order chi connectivity index (χ0) is 16.7. The van der Waals surface area contributed by atoms with E-state index in [1.165, 1.54) is 18.2 Å². The Morgan fingerprint density at radius 2 is 1.74 bits per heavy atom. The summed E-state index contributed by atoms with van der Waals surface area (Å²) in [6, 6.07) is 10.5. The molecule has 1 aliphatic heterocycles. The SMILES string of the molecule is Cc1ccc(C2=C(O)C(=O)N(c3cccc(F)c3)C2=O)c(C)c1. The first kappa shape index (κ1) is 15.0. The van der Waals surface area contributed by atoms with Crippen LogP contribution in [0.2, 0.25) is 0 Å². The van der Waals surface area contributed by atoms with Gasteiger partial charge in [0.25, 0.3) is 5.91 Å². The average molecular weight is 311 g/mol. The normalized spacial score (nSPS) is 14.8. The van der Waals surface area contributed by atoms with Crippen LogP contribution in [0.15, 0.2) is 48.2 Å². The van der Waals surface area contributed by atoms with Crippen LogP contribution < -0.4 is 4.90 Å². The Balaban J connectivity index is 2.10. The molecule has 0 fully saturated rings. The minimum absolute atomic E-state index is 0.0586. The van der Waals surface area contributed by atoms with Gasteiger partial charge in [-0.2, -0.15) is 0 Å². The maximum atomic E-state index is 13.4. The predicted octanol–water partition coefficient (Wildman–Crippen LogP) is 3.29. The van der Waals surface area contributed by atoms with E-state index < -0.39 is 23.4 Å². The average Bonchev–Trinajstić information content (AvgIpc) is 2.70. The number of imide groups is 1. The Morgan fingerprint density at radius 1 is 1.00 bits per heavy atom. The molecule has 2 aromatic rings. The number of carbonyl (C=O) groups is 2. The summed E-state index contributed by atoms with van der Waals surface area (Å²) in [4.78, 5) is 25.7. The molecule has 0 radical (unpaired) electrons. The number of anilines is 1. The number of benzene rings is 2. The fraction of sp³-hybridized carbons (Fsp3) is 0.111. The van der Waals surface area contributed by atoms with Crippen LogP contribution in [0.4, 0.5) is 10.1 Å². The highest BCUT2D eigenvalue weighted by Crippen LogP contribution is 2.33. The van der Waals surface area contributed by atoms with Crippen molar-refractivity contribution in [1.82, 2.24) is 0 Å². The van der Waals surface area contributed by atoms with Gasteiger partial charge in [0.2, 0.25) is 0 Å². The molecule has 5 heteroatoms. The van der Waals surface area contributed by atoms with Crippen LogP contribution in [0.3, 0.4) is 0 Å². The zero-order valence-electron chi connectivity index (χ0n) is 12.6. The van der Waals surface area contributed by atoms with E-state index in [1.807, 2.05) is 13.0 Å². The van der Waals surface area contributed by atoms with Crippen LogP contribution in [0.1, 0.15) is 16.7 Å². The number of hydrogen-bond donors (Lipinski definition) is 1. The lowest BCUT2D eigenvalue weighted by atomic mass is 9.98. The number of carbonyl (C=O) groups excluding carboxylic acids is 2. The lowest BCUT2D eigenvalue weighted by Gasteiger charge is -2.15. The fourth-order valence-corrected chi connectivity index (χ4v) is 2.70. The highest BCUT2D eigenvalue weighted by atomic mass is 19.1. The zero-order valence-corrected chi connectivity index (χ0v) is 12.6. The second kappa shape index (κ2) is 5.35. The predicted molar refractivity (Wildman–Crippen MR) is 84.4 cm³/mol. The first-order valence-electron chi connectivity index (χ1n) is 7.05. The quantitative estimate of drug-likeness (QED) is 0.866. The summed E-state index contributed by atoms with van der Waals surface area (Å²) < 4.78 is 13.4. The van der Waals surface area contributed by atoms with E-state index in [0.717, 1.165) is 22.1 Å². The number of halogens is 1. The van der Waals surface area contributed by atoms with Crippen LogP contribution in [-0.4, -0.2) is 16.9 Å². The highest BCUT2D eigenvalue weighted by Gasteiger charge is 2.40. The molecule has 23 heavy (non-hydrogen) atoms. The standard InChI is InChI=1S/C18H14FNO3/c1-10-6-7-14(11(2)8-10)15-16(21)18(23)20(17(15)22)13-5-3-4-12(19)9-13/h3-9,21H,1-2H3. The van der Waals surface area contributed by atoms with Crippen LogP contribution in [-0.2, 0) is 9.59 Å². The first-order valence-corrected chi connectivity index (χ1v) is 7.05. The van der Waals surface area contributed by atoms with Crippen LogP contribution in [0.25, 0.3) is 5.57 Å². The van der Waals surface area contributed by atoms with Gasteiger partial charge in [-0.05, 0) is 43.2 Å². The second-order valence-corrected chi connectivity index (χ2v) is 5.47. The van der Waals surface area contributed by atoms with Gasteiger partial charge in [0.05, 0.1) is 11.3 Å². The molecule has 1 heterocycles. The molecule has 2 amide bonds. The van der Waals surface area contributed by atoms with E-state index in [4.69, 9.17) is 0 Å². The number of aryl methyl sites for hydroxylation is 2. The summed E-state index contributed by atoms with van der Waals surface area (Å²) in [7, 11) is 0.